The van der Waals surface area contributed by atoms with Crippen molar-refractivity contribution < 1.29 is 17.5 Å². The molecule has 1 atom stereocenters. The molecule has 0 amide bonds. The van der Waals surface area contributed by atoms with Gasteiger partial charge in [-0.25, -0.2) is 17.8 Å². The quantitative estimate of drug-likeness (QED) is 0.601. The molecule has 1 heterocycles. The van der Waals surface area contributed by atoms with Crippen LogP contribution in [0.1, 0.15) is 29.2 Å². The fourth-order valence-corrected chi connectivity index (χ4v) is 5.25. The van der Waals surface area contributed by atoms with Crippen LogP contribution < -0.4 is 9.46 Å². The third kappa shape index (κ3) is 3.59. The van der Waals surface area contributed by atoms with Gasteiger partial charge >= 0.3 is 0 Å². The summed E-state index contributed by atoms with van der Waals surface area (Å²) >= 11 is 7.45. The summed E-state index contributed by atoms with van der Waals surface area (Å²) < 4.78 is 47.7. The van der Waals surface area contributed by atoms with Gasteiger partial charge in [-0.05, 0) is 42.5 Å². The number of hydrogen-bond acceptors (Lipinski definition) is 5. The molecule has 0 fully saturated rings. The van der Waals surface area contributed by atoms with Gasteiger partial charge in [0.2, 0.25) is 0 Å². The average molecular weight is 439 g/mol. The van der Waals surface area contributed by atoms with Crippen LogP contribution in [0.25, 0.3) is 0 Å². The Hall–Kier alpha value is -2.16. The lowest BCUT2D eigenvalue weighted by Crippen LogP contribution is -2.15. The highest BCUT2D eigenvalue weighted by Gasteiger charge is 2.28. The molecule has 5 nitrogen and oxygen atoms in total. The van der Waals surface area contributed by atoms with Gasteiger partial charge < -0.3 is 4.74 Å². The maximum Gasteiger partial charge on any atom is 0.266 e. The van der Waals surface area contributed by atoms with Crippen LogP contribution in [0, 0.1) is 12.7 Å². The van der Waals surface area contributed by atoms with E-state index >= 15 is 0 Å². The molecule has 1 N–H and O–H groups in total. The van der Waals surface area contributed by atoms with Crippen molar-refractivity contribution in [1.82, 2.24) is 4.98 Å². The summed E-state index contributed by atoms with van der Waals surface area (Å²) in [6.07, 6.45) is 1.38. The van der Waals surface area contributed by atoms with E-state index in [2.05, 4.69) is 9.71 Å². The van der Waals surface area contributed by atoms with Gasteiger partial charge in [-0.15, -0.1) is 11.3 Å². The number of hydrogen-bond donors (Lipinski definition) is 1. The van der Waals surface area contributed by atoms with Crippen molar-refractivity contribution in [2.75, 3.05) is 4.72 Å². The first-order chi connectivity index (χ1) is 13.3. The molecule has 0 spiro atoms. The molecule has 1 aliphatic rings. The number of anilines is 1. The Labute approximate surface area is 171 Å². The number of ether oxygens (including phenoxy) is 1. The van der Waals surface area contributed by atoms with Crippen LogP contribution in [0.3, 0.4) is 0 Å². The van der Waals surface area contributed by atoms with Gasteiger partial charge in [0.05, 0.1) is 10.5 Å². The Morgan fingerprint density at radius 3 is 2.93 bits per heavy atom. The standard InChI is InChI=1S/C19H16ClFN2O3S2/c1-11-3-2-4-13-12(11)5-6-16(13)26-17-8-15(21)18(7-14(17)20)28(24,25)23-19-9-27-10-22-19/h2-4,7-10,16,23H,5-6H2,1H3. The number of nitrogens with one attached hydrogen (secondary N) is 1. The number of halogens is 2. The fraction of sp³-hybridized carbons (Fsp3) is 0.211. The van der Waals surface area contributed by atoms with Gasteiger partial charge in [0.1, 0.15) is 22.6 Å². The molecule has 2 aromatic carbocycles. The number of benzene rings is 2. The van der Waals surface area contributed by atoms with Crippen molar-refractivity contribution in [2.45, 2.75) is 30.8 Å². The van der Waals surface area contributed by atoms with Crippen molar-refractivity contribution in [2.24, 2.45) is 0 Å². The summed E-state index contributed by atoms with van der Waals surface area (Å²) in [4.78, 5) is 3.29. The Morgan fingerprint density at radius 1 is 1.36 bits per heavy atom. The summed E-state index contributed by atoms with van der Waals surface area (Å²) in [5, 5.41) is 1.54. The molecule has 0 radical (unpaired) electrons. The number of thiazole rings is 1. The smallest absolute Gasteiger partial charge is 0.266 e. The van der Waals surface area contributed by atoms with Crippen LogP contribution in [0.5, 0.6) is 5.75 Å². The zero-order valence-corrected chi connectivity index (χ0v) is 17.2. The molecule has 28 heavy (non-hydrogen) atoms. The number of rotatable bonds is 5. The summed E-state index contributed by atoms with van der Waals surface area (Å²) in [5.74, 6) is -0.700. The molecular weight excluding hydrogens is 423 g/mol. The van der Waals surface area contributed by atoms with Crippen LogP contribution in [0.4, 0.5) is 10.2 Å². The van der Waals surface area contributed by atoms with Crippen LogP contribution in [0.15, 0.2) is 46.1 Å². The second kappa shape index (κ2) is 7.35. The minimum absolute atomic E-state index is 0.0288. The summed E-state index contributed by atoms with van der Waals surface area (Å²) in [5.41, 5.74) is 4.95. The summed E-state index contributed by atoms with van der Waals surface area (Å²) in [6, 6.07) is 8.07. The molecule has 0 saturated carbocycles. The minimum atomic E-state index is -4.16. The SMILES string of the molecule is Cc1cccc2c1CCC2Oc1cc(F)c(S(=O)(=O)Nc2cscn2)cc1Cl. The Bertz CT molecular complexity index is 1130. The number of nitrogens with zero attached hydrogens (tertiary/aromatic N) is 1. The van der Waals surface area contributed by atoms with Crippen LogP contribution in [-0.2, 0) is 16.4 Å². The molecule has 0 bridgehead atoms. The second-order valence-electron chi connectivity index (χ2n) is 6.48. The van der Waals surface area contributed by atoms with Gasteiger partial charge in [0.25, 0.3) is 10.0 Å². The highest BCUT2D eigenvalue weighted by molar-refractivity contribution is 7.92. The zero-order chi connectivity index (χ0) is 19.9. The van der Waals surface area contributed by atoms with Crippen molar-refractivity contribution in [3.05, 3.63) is 68.8 Å². The number of aromatic nitrogens is 1. The molecular formula is C19H16ClFN2O3S2. The molecule has 146 valence electrons. The van der Waals surface area contributed by atoms with E-state index in [0.717, 1.165) is 30.5 Å². The van der Waals surface area contributed by atoms with Crippen molar-refractivity contribution in [3.8, 4) is 5.75 Å². The highest BCUT2D eigenvalue weighted by Crippen LogP contribution is 2.39. The van der Waals surface area contributed by atoms with E-state index in [1.54, 1.807) is 0 Å². The van der Waals surface area contributed by atoms with Gasteiger partial charge in [-0.3, -0.25) is 4.72 Å². The Balaban J connectivity index is 1.62. The van der Waals surface area contributed by atoms with Gasteiger partial charge in [0, 0.05) is 11.4 Å². The van der Waals surface area contributed by atoms with E-state index in [1.165, 1.54) is 33.4 Å². The first-order valence-corrected chi connectivity index (χ1v) is 11.3. The lowest BCUT2D eigenvalue weighted by atomic mass is 10.0. The average Bonchev–Trinajstić information content (AvgIpc) is 3.28. The van der Waals surface area contributed by atoms with E-state index in [9.17, 15) is 12.8 Å². The lowest BCUT2D eigenvalue weighted by molar-refractivity contribution is 0.206. The lowest BCUT2D eigenvalue weighted by Gasteiger charge is -2.17. The van der Waals surface area contributed by atoms with Crippen molar-refractivity contribution in [1.29, 1.82) is 0 Å². The zero-order valence-electron chi connectivity index (χ0n) is 14.8. The first-order valence-electron chi connectivity index (χ1n) is 8.50. The number of sulfonamides is 1. The fourth-order valence-electron chi connectivity index (χ4n) is 3.34. The van der Waals surface area contributed by atoms with E-state index in [0.29, 0.717) is 0 Å². The maximum absolute atomic E-state index is 14.6. The van der Waals surface area contributed by atoms with E-state index in [1.807, 2.05) is 25.1 Å². The Kier molecular flexibility index (Phi) is 5.03. The second-order valence-corrected chi connectivity index (χ2v) is 9.26. The molecule has 1 unspecified atom stereocenters. The first kappa shape index (κ1) is 19.2. The molecule has 0 aliphatic heterocycles. The molecule has 3 aromatic rings. The topological polar surface area (TPSA) is 68.3 Å². The van der Waals surface area contributed by atoms with Crippen molar-refractivity contribution >= 4 is 38.8 Å². The van der Waals surface area contributed by atoms with Gasteiger partial charge in [0.15, 0.2) is 5.82 Å². The molecule has 4 rings (SSSR count). The van der Waals surface area contributed by atoms with Gasteiger partial charge in [-0.1, -0.05) is 29.8 Å². The molecule has 0 saturated heterocycles. The van der Waals surface area contributed by atoms with Crippen molar-refractivity contribution in [3.63, 3.8) is 0 Å². The molecule has 1 aromatic heterocycles. The number of aryl methyl sites for hydroxylation is 1. The largest absolute Gasteiger partial charge is 0.484 e. The summed E-state index contributed by atoms with van der Waals surface area (Å²) in [6.45, 7) is 2.04. The molecule has 9 heteroatoms. The number of fused-ring (bicyclic) bond motifs is 1. The third-order valence-electron chi connectivity index (χ3n) is 4.67. The third-order valence-corrected chi connectivity index (χ3v) is 6.92. The molecule has 1 aliphatic carbocycles. The van der Waals surface area contributed by atoms with Crippen LogP contribution >= 0.6 is 22.9 Å². The van der Waals surface area contributed by atoms with Crippen LogP contribution in [-0.4, -0.2) is 13.4 Å². The summed E-state index contributed by atoms with van der Waals surface area (Å²) in [7, 11) is -4.16. The Morgan fingerprint density at radius 2 is 2.18 bits per heavy atom. The van der Waals surface area contributed by atoms with E-state index < -0.39 is 20.7 Å². The van der Waals surface area contributed by atoms with Crippen LogP contribution in [0.2, 0.25) is 5.02 Å². The highest BCUT2D eigenvalue weighted by atomic mass is 35.5. The maximum atomic E-state index is 14.6. The normalized spacial score (nSPS) is 16.0. The predicted octanol–water partition coefficient (Wildman–Crippen LogP) is 5.11. The van der Waals surface area contributed by atoms with E-state index in [-0.39, 0.29) is 22.7 Å². The van der Waals surface area contributed by atoms with Gasteiger partial charge in [-0.2, -0.15) is 0 Å². The minimum Gasteiger partial charge on any atom is -0.484 e. The monoisotopic (exact) mass is 438 g/mol. The predicted molar refractivity (Wildman–Crippen MR) is 107 cm³/mol. The van der Waals surface area contributed by atoms with E-state index in [4.69, 9.17) is 16.3 Å².